The molecule has 0 radical (unpaired) electrons. The van der Waals surface area contributed by atoms with Crippen LogP contribution in [0.2, 0.25) is 0 Å². The lowest BCUT2D eigenvalue weighted by Crippen LogP contribution is -2.38. The van der Waals surface area contributed by atoms with E-state index >= 15 is 0 Å². The van der Waals surface area contributed by atoms with Gasteiger partial charge in [-0.3, -0.25) is 9.59 Å². The first kappa shape index (κ1) is 19.2. The van der Waals surface area contributed by atoms with Gasteiger partial charge in [0.05, 0.1) is 6.04 Å². The first-order valence-electron chi connectivity index (χ1n) is 9.55. The van der Waals surface area contributed by atoms with Gasteiger partial charge in [0.25, 0.3) is 0 Å². The van der Waals surface area contributed by atoms with Gasteiger partial charge >= 0.3 is 0 Å². The average molecular weight is 378 g/mol. The van der Waals surface area contributed by atoms with Crippen LogP contribution in [0, 0.1) is 5.92 Å². The monoisotopic (exact) mass is 377 g/mol. The van der Waals surface area contributed by atoms with E-state index in [0.29, 0.717) is 37.3 Å². The fourth-order valence-corrected chi connectivity index (χ4v) is 4.33. The third-order valence-electron chi connectivity index (χ3n) is 5.85. The molecule has 4 atom stereocenters. The van der Waals surface area contributed by atoms with Gasteiger partial charge in [0.15, 0.2) is 0 Å². The highest BCUT2D eigenvalue weighted by Crippen LogP contribution is 2.45. The first-order valence-corrected chi connectivity index (χ1v) is 9.55. The van der Waals surface area contributed by atoms with Crippen molar-refractivity contribution in [2.24, 2.45) is 5.92 Å². The molecule has 0 spiro atoms. The van der Waals surface area contributed by atoms with Crippen molar-refractivity contribution in [3.05, 3.63) is 35.9 Å². The van der Waals surface area contributed by atoms with Crippen molar-refractivity contribution in [1.82, 2.24) is 15.5 Å². The quantitative estimate of drug-likeness (QED) is 0.797. The largest absolute Gasteiger partial charge is 0.351 e. The van der Waals surface area contributed by atoms with Gasteiger partial charge in [0, 0.05) is 31.3 Å². The van der Waals surface area contributed by atoms with Gasteiger partial charge in [-0.05, 0) is 43.8 Å². The van der Waals surface area contributed by atoms with Crippen LogP contribution in [0.3, 0.4) is 0 Å². The number of nitrogens with zero attached hydrogens (tertiary/aromatic N) is 1. The fraction of sp³-hybridized carbons (Fsp3) is 0.600. The summed E-state index contributed by atoms with van der Waals surface area (Å²) in [6, 6.07) is 10.7. The Labute approximate surface area is 161 Å². The molecule has 26 heavy (non-hydrogen) atoms. The lowest BCUT2D eigenvalue weighted by molar-refractivity contribution is -0.128. The Hall–Kier alpha value is -1.59. The van der Waals surface area contributed by atoms with Gasteiger partial charge in [-0.25, -0.2) is 0 Å². The van der Waals surface area contributed by atoms with Crippen molar-refractivity contribution in [1.29, 1.82) is 0 Å². The summed E-state index contributed by atoms with van der Waals surface area (Å²) in [6.45, 7) is 2.78. The van der Waals surface area contributed by atoms with Crippen LogP contribution in [0.15, 0.2) is 30.3 Å². The third-order valence-corrected chi connectivity index (χ3v) is 5.85. The summed E-state index contributed by atoms with van der Waals surface area (Å²) in [5.74, 6) is 1.38. The van der Waals surface area contributed by atoms with E-state index in [1.165, 1.54) is 12.0 Å². The van der Waals surface area contributed by atoms with Crippen molar-refractivity contribution >= 4 is 24.2 Å². The smallest absolute Gasteiger partial charge is 0.225 e. The van der Waals surface area contributed by atoms with Crippen molar-refractivity contribution in [3.8, 4) is 0 Å². The highest BCUT2D eigenvalue weighted by Gasteiger charge is 2.47. The molecule has 142 valence electrons. The minimum atomic E-state index is -0.0151. The molecule has 2 heterocycles. The maximum absolute atomic E-state index is 12.4. The summed E-state index contributed by atoms with van der Waals surface area (Å²) in [6.07, 6.45) is 4.19. The molecule has 4 unspecified atom stereocenters. The van der Waals surface area contributed by atoms with Crippen LogP contribution < -0.4 is 10.6 Å². The molecule has 5 nitrogen and oxygen atoms in total. The predicted molar refractivity (Wildman–Crippen MR) is 103 cm³/mol. The van der Waals surface area contributed by atoms with E-state index in [-0.39, 0.29) is 30.3 Å². The molecular formula is C20H28ClN3O2. The molecule has 1 aromatic carbocycles. The highest BCUT2D eigenvalue weighted by atomic mass is 35.5. The second-order valence-electron chi connectivity index (χ2n) is 7.73. The van der Waals surface area contributed by atoms with Crippen molar-refractivity contribution in [2.45, 2.75) is 50.1 Å². The van der Waals surface area contributed by atoms with E-state index in [2.05, 4.69) is 34.9 Å². The zero-order valence-electron chi connectivity index (χ0n) is 15.0. The van der Waals surface area contributed by atoms with Crippen molar-refractivity contribution in [3.63, 3.8) is 0 Å². The summed E-state index contributed by atoms with van der Waals surface area (Å²) in [4.78, 5) is 26.5. The van der Waals surface area contributed by atoms with E-state index in [1.54, 1.807) is 0 Å². The Morgan fingerprint density at radius 1 is 1.27 bits per heavy atom. The van der Waals surface area contributed by atoms with Crippen LogP contribution in [0.4, 0.5) is 0 Å². The SMILES string of the molecule is Cl.O=C(CCC1CCNC1)NC1CC(=O)N(C2CC2c2ccccc2)C1. The normalized spacial score (nSPS) is 30.2. The van der Waals surface area contributed by atoms with Crippen LogP contribution >= 0.6 is 12.4 Å². The number of hydrogen-bond donors (Lipinski definition) is 2. The molecule has 0 bridgehead atoms. The van der Waals surface area contributed by atoms with E-state index in [4.69, 9.17) is 0 Å². The average Bonchev–Trinajstić information content (AvgIpc) is 3.06. The molecule has 4 rings (SSSR count). The Kier molecular flexibility index (Phi) is 6.20. The van der Waals surface area contributed by atoms with E-state index in [1.807, 2.05) is 11.0 Å². The number of likely N-dealkylation sites (tertiary alicyclic amines) is 1. The maximum Gasteiger partial charge on any atom is 0.225 e. The molecule has 3 fully saturated rings. The second kappa shape index (κ2) is 8.40. The number of benzene rings is 1. The van der Waals surface area contributed by atoms with Gasteiger partial charge in [-0.1, -0.05) is 30.3 Å². The summed E-state index contributed by atoms with van der Waals surface area (Å²) in [7, 11) is 0. The molecule has 1 saturated carbocycles. The molecule has 6 heteroatoms. The molecular weight excluding hydrogens is 350 g/mol. The zero-order valence-corrected chi connectivity index (χ0v) is 15.8. The lowest BCUT2D eigenvalue weighted by atomic mass is 10.0. The number of carbonyl (C=O) groups excluding carboxylic acids is 2. The van der Waals surface area contributed by atoms with Gasteiger partial charge in [0.1, 0.15) is 0 Å². The number of nitrogens with one attached hydrogen (secondary N) is 2. The zero-order chi connectivity index (χ0) is 17.2. The minimum Gasteiger partial charge on any atom is -0.351 e. The lowest BCUT2D eigenvalue weighted by Gasteiger charge is -2.18. The molecule has 3 aliphatic rings. The van der Waals surface area contributed by atoms with E-state index in [9.17, 15) is 9.59 Å². The standard InChI is InChI=1S/C20H27N3O2.ClH/c24-19(7-6-14-8-9-21-12-14)22-16-10-20(25)23(13-16)18-11-17(18)15-4-2-1-3-5-15;/h1-5,14,16-18,21H,6-13H2,(H,22,24);1H. The Morgan fingerprint density at radius 2 is 2.08 bits per heavy atom. The molecule has 1 aliphatic carbocycles. The van der Waals surface area contributed by atoms with Gasteiger partial charge in [-0.15, -0.1) is 12.4 Å². The Balaban J connectivity index is 0.00000196. The summed E-state index contributed by atoms with van der Waals surface area (Å²) >= 11 is 0. The topological polar surface area (TPSA) is 61.4 Å². The summed E-state index contributed by atoms with van der Waals surface area (Å²) < 4.78 is 0. The minimum absolute atomic E-state index is 0. The number of rotatable bonds is 6. The number of hydrogen-bond acceptors (Lipinski definition) is 3. The maximum atomic E-state index is 12.4. The highest BCUT2D eigenvalue weighted by molar-refractivity contribution is 5.85. The van der Waals surface area contributed by atoms with Crippen LogP contribution in [0.25, 0.3) is 0 Å². The summed E-state index contributed by atoms with van der Waals surface area (Å²) in [5.41, 5.74) is 1.32. The van der Waals surface area contributed by atoms with Crippen molar-refractivity contribution < 1.29 is 9.59 Å². The molecule has 0 aromatic heterocycles. The number of halogens is 1. The van der Waals surface area contributed by atoms with Crippen LogP contribution in [-0.4, -0.2) is 48.4 Å². The molecule has 2 aliphatic heterocycles. The van der Waals surface area contributed by atoms with Crippen LogP contribution in [0.5, 0.6) is 0 Å². The van der Waals surface area contributed by atoms with E-state index in [0.717, 1.165) is 25.9 Å². The Morgan fingerprint density at radius 3 is 2.81 bits per heavy atom. The van der Waals surface area contributed by atoms with Gasteiger partial charge in [-0.2, -0.15) is 0 Å². The Bertz CT molecular complexity index is 633. The van der Waals surface area contributed by atoms with Gasteiger partial charge in [0.2, 0.25) is 11.8 Å². The third kappa shape index (κ3) is 4.38. The molecule has 2 N–H and O–H groups in total. The first-order chi connectivity index (χ1) is 12.2. The van der Waals surface area contributed by atoms with Crippen LogP contribution in [0.1, 0.15) is 43.6 Å². The van der Waals surface area contributed by atoms with Gasteiger partial charge < -0.3 is 15.5 Å². The van der Waals surface area contributed by atoms with Crippen LogP contribution in [-0.2, 0) is 9.59 Å². The summed E-state index contributed by atoms with van der Waals surface area (Å²) in [5, 5.41) is 6.41. The second-order valence-corrected chi connectivity index (χ2v) is 7.73. The number of amides is 2. The molecule has 2 saturated heterocycles. The molecule has 2 amide bonds. The van der Waals surface area contributed by atoms with Crippen molar-refractivity contribution in [2.75, 3.05) is 19.6 Å². The number of carbonyl (C=O) groups is 2. The predicted octanol–water partition coefficient (Wildman–Crippen LogP) is 2.07. The molecule has 1 aromatic rings. The van der Waals surface area contributed by atoms with E-state index < -0.39 is 0 Å². The fourth-order valence-electron chi connectivity index (χ4n) is 4.33.